The molecule has 0 unspecified atom stereocenters. The Kier molecular flexibility index (Phi) is 1.88. The Balaban J connectivity index is 2.14. The first kappa shape index (κ1) is 10.1. The molecule has 0 radical (unpaired) electrons. The van der Waals surface area contributed by atoms with Crippen molar-refractivity contribution in [2.75, 3.05) is 5.32 Å². The van der Waals surface area contributed by atoms with Crippen molar-refractivity contribution in [3.63, 3.8) is 0 Å². The van der Waals surface area contributed by atoms with Crippen LogP contribution in [0.5, 0.6) is 0 Å². The monoisotopic (exact) mass is 251 g/mol. The summed E-state index contributed by atoms with van der Waals surface area (Å²) in [5.41, 5.74) is 3.84. The number of imidazole rings is 1. The highest BCUT2D eigenvalue weighted by atomic mass is 16.5. The van der Waals surface area contributed by atoms with Crippen molar-refractivity contribution in [2.45, 2.75) is 0 Å². The maximum Gasteiger partial charge on any atom is 0.139 e. The fourth-order valence-corrected chi connectivity index (χ4v) is 2.31. The van der Waals surface area contributed by atoms with Crippen LogP contribution < -0.4 is 5.32 Å². The Hall–Kier alpha value is -2.89. The molecular weight excluding hydrogens is 242 g/mol. The molecule has 2 N–H and O–H groups in total. The van der Waals surface area contributed by atoms with Crippen LogP contribution in [0.2, 0.25) is 0 Å². The Morgan fingerprint density at radius 2 is 2.05 bits per heavy atom. The molecule has 0 spiro atoms. The van der Waals surface area contributed by atoms with E-state index in [2.05, 4.69) is 20.3 Å². The summed E-state index contributed by atoms with van der Waals surface area (Å²) in [6.45, 7) is 0. The van der Waals surface area contributed by atoms with Gasteiger partial charge in [-0.1, -0.05) is 0 Å². The van der Waals surface area contributed by atoms with E-state index in [1.165, 1.54) is 6.33 Å². The molecule has 3 aromatic rings. The maximum atomic E-state index is 9.98. The molecule has 6 heteroatoms. The first-order valence-electron chi connectivity index (χ1n) is 5.78. The number of pyridine rings is 2. The van der Waals surface area contributed by atoms with Gasteiger partial charge >= 0.3 is 0 Å². The van der Waals surface area contributed by atoms with E-state index in [1.54, 1.807) is 18.6 Å². The van der Waals surface area contributed by atoms with Crippen molar-refractivity contribution < 1.29 is 5.21 Å². The van der Waals surface area contributed by atoms with Crippen LogP contribution in [-0.4, -0.2) is 24.9 Å². The molecule has 0 bridgehead atoms. The molecule has 19 heavy (non-hydrogen) atoms. The zero-order valence-electron chi connectivity index (χ0n) is 9.78. The van der Waals surface area contributed by atoms with Crippen molar-refractivity contribution in [1.82, 2.24) is 19.7 Å². The van der Waals surface area contributed by atoms with E-state index in [0.717, 1.165) is 21.5 Å². The first-order valence-corrected chi connectivity index (χ1v) is 5.78. The predicted octanol–water partition coefficient (Wildman–Crippen LogP) is 2.30. The normalized spacial score (nSPS) is 11.8. The molecule has 92 valence electrons. The highest BCUT2D eigenvalue weighted by molar-refractivity contribution is 5.94. The van der Waals surface area contributed by atoms with Crippen LogP contribution in [0.3, 0.4) is 0 Å². The molecule has 0 fully saturated rings. The van der Waals surface area contributed by atoms with Gasteiger partial charge in [0.25, 0.3) is 0 Å². The fraction of sp³-hybridized carbons (Fsp3) is 0. The van der Waals surface area contributed by atoms with Gasteiger partial charge in [0, 0.05) is 23.5 Å². The predicted molar refractivity (Wildman–Crippen MR) is 69.2 cm³/mol. The zero-order valence-corrected chi connectivity index (χ0v) is 9.78. The van der Waals surface area contributed by atoms with Crippen LogP contribution in [-0.2, 0) is 0 Å². The van der Waals surface area contributed by atoms with Gasteiger partial charge < -0.3 is 10.5 Å². The average Bonchev–Trinajstić information content (AvgIpc) is 2.75. The van der Waals surface area contributed by atoms with Gasteiger partial charge in [0.1, 0.15) is 23.5 Å². The van der Waals surface area contributed by atoms with Crippen LogP contribution in [0.4, 0.5) is 11.5 Å². The number of anilines is 2. The summed E-state index contributed by atoms with van der Waals surface area (Å²) < 4.78 is 1.02. The third kappa shape index (κ3) is 1.33. The summed E-state index contributed by atoms with van der Waals surface area (Å²) in [5.74, 6) is 0.673. The molecule has 0 atom stereocenters. The topological polar surface area (TPSA) is 75.9 Å². The van der Waals surface area contributed by atoms with Gasteiger partial charge in [-0.3, -0.25) is 4.98 Å². The van der Waals surface area contributed by atoms with E-state index in [-0.39, 0.29) is 0 Å². The molecule has 4 rings (SSSR count). The highest BCUT2D eigenvalue weighted by Gasteiger charge is 2.24. The first-order chi connectivity index (χ1) is 9.34. The summed E-state index contributed by atoms with van der Waals surface area (Å²) in [4.78, 5) is 12.7. The standard InChI is InChI=1S/C13H9N5O/c19-18-7-16-11-8-3-5-14-6-10(8)17-13-9(12(11)18)2-1-4-15-13/h1-7,19H,(H,15,17). The highest BCUT2D eigenvalue weighted by Crippen LogP contribution is 2.41. The molecule has 4 heterocycles. The third-order valence-corrected chi connectivity index (χ3v) is 3.14. The van der Waals surface area contributed by atoms with E-state index in [1.807, 2.05) is 18.2 Å². The lowest BCUT2D eigenvalue weighted by atomic mass is 10.1. The smallest absolute Gasteiger partial charge is 0.139 e. The number of nitrogens with zero attached hydrogens (tertiary/aromatic N) is 4. The summed E-state index contributed by atoms with van der Waals surface area (Å²) in [7, 11) is 0. The van der Waals surface area contributed by atoms with Gasteiger partial charge in [-0.05, 0) is 18.2 Å². The Morgan fingerprint density at radius 1 is 1.11 bits per heavy atom. The van der Waals surface area contributed by atoms with Crippen molar-refractivity contribution in [1.29, 1.82) is 0 Å². The van der Waals surface area contributed by atoms with Crippen molar-refractivity contribution in [3.05, 3.63) is 43.1 Å². The summed E-state index contributed by atoms with van der Waals surface area (Å²) >= 11 is 0. The second-order valence-corrected chi connectivity index (χ2v) is 4.23. The van der Waals surface area contributed by atoms with E-state index >= 15 is 0 Å². The minimum atomic E-state index is 0.626. The van der Waals surface area contributed by atoms with E-state index in [0.29, 0.717) is 17.2 Å². The lowest BCUT2D eigenvalue weighted by Gasteiger charge is -2.07. The number of rotatable bonds is 0. The zero-order chi connectivity index (χ0) is 12.8. The van der Waals surface area contributed by atoms with Gasteiger partial charge in [-0.2, -0.15) is 4.73 Å². The molecular formula is C13H9N5O. The molecule has 0 aromatic carbocycles. The van der Waals surface area contributed by atoms with Crippen molar-refractivity contribution >= 4 is 11.5 Å². The number of aromatic nitrogens is 4. The second kappa shape index (κ2) is 3.55. The summed E-state index contributed by atoms with van der Waals surface area (Å²) in [6.07, 6.45) is 6.51. The largest absolute Gasteiger partial charge is 0.427 e. The second-order valence-electron chi connectivity index (χ2n) is 4.23. The average molecular weight is 251 g/mol. The van der Waals surface area contributed by atoms with Gasteiger partial charge in [-0.25, -0.2) is 9.97 Å². The number of fused-ring (bicyclic) bond motifs is 5. The lowest BCUT2D eigenvalue weighted by Crippen LogP contribution is -1.97. The lowest BCUT2D eigenvalue weighted by molar-refractivity contribution is 0.190. The third-order valence-electron chi connectivity index (χ3n) is 3.14. The Labute approximate surface area is 108 Å². The maximum absolute atomic E-state index is 9.98. The van der Waals surface area contributed by atoms with Gasteiger partial charge in [0.15, 0.2) is 0 Å². The Morgan fingerprint density at radius 3 is 3.00 bits per heavy atom. The molecule has 0 saturated carbocycles. The molecule has 1 aliphatic heterocycles. The molecule has 0 amide bonds. The van der Waals surface area contributed by atoms with Crippen molar-refractivity contribution in [2.24, 2.45) is 0 Å². The van der Waals surface area contributed by atoms with Crippen molar-refractivity contribution in [3.8, 4) is 22.5 Å². The van der Waals surface area contributed by atoms with E-state index in [9.17, 15) is 5.21 Å². The minimum Gasteiger partial charge on any atom is -0.427 e. The van der Waals surface area contributed by atoms with Crippen LogP contribution in [0.1, 0.15) is 0 Å². The van der Waals surface area contributed by atoms with Gasteiger partial charge in [-0.15, -0.1) is 0 Å². The van der Waals surface area contributed by atoms with Crippen LogP contribution in [0, 0.1) is 0 Å². The molecule has 1 aliphatic rings. The molecule has 6 nitrogen and oxygen atoms in total. The van der Waals surface area contributed by atoms with Crippen LogP contribution in [0.25, 0.3) is 22.5 Å². The summed E-state index contributed by atoms with van der Waals surface area (Å²) in [5, 5.41) is 13.2. The number of hydrogen-bond donors (Lipinski definition) is 2. The number of nitrogens with one attached hydrogen (secondary N) is 1. The fourth-order valence-electron chi connectivity index (χ4n) is 2.31. The molecule has 3 aromatic heterocycles. The summed E-state index contributed by atoms with van der Waals surface area (Å²) in [6, 6.07) is 5.58. The van der Waals surface area contributed by atoms with E-state index in [4.69, 9.17) is 0 Å². The SMILES string of the molecule is On1cnc2c1-c1cccnc1Nc1cnccc1-2. The molecule has 0 saturated heterocycles. The van der Waals surface area contributed by atoms with Crippen LogP contribution in [0.15, 0.2) is 43.1 Å². The number of hydrogen-bond acceptors (Lipinski definition) is 5. The van der Waals surface area contributed by atoms with Gasteiger partial charge in [0.05, 0.1) is 11.9 Å². The molecule has 0 aliphatic carbocycles. The van der Waals surface area contributed by atoms with Crippen LogP contribution >= 0.6 is 0 Å². The van der Waals surface area contributed by atoms with E-state index < -0.39 is 0 Å². The Bertz CT molecular complexity index is 780. The minimum absolute atomic E-state index is 0.626. The van der Waals surface area contributed by atoms with Gasteiger partial charge in [0.2, 0.25) is 0 Å². The quantitative estimate of drug-likeness (QED) is 0.469.